The third-order valence-electron chi connectivity index (χ3n) is 1.50. The maximum absolute atomic E-state index is 5.42. The van der Waals surface area contributed by atoms with Crippen molar-refractivity contribution in [3.63, 3.8) is 0 Å². The van der Waals surface area contributed by atoms with Crippen LogP contribution in [0.5, 0.6) is 0 Å². The fourth-order valence-electron chi connectivity index (χ4n) is 0.961. The van der Waals surface area contributed by atoms with Crippen molar-refractivity contribution in [2.45, 2.75) is 5.09 Å². The molecule has 0 fully saturated rings. The van der Waals surface area contributed by atoms with E-state index in [9.17, 15) is 0 Å². The van der Waals surface area contributed by atoms with Gasteiger partial charge in [0.15, 0.2) is 10.7 Å². The van der Waals surface area contributed by atoms with E-state index in [0.717, 1.165) is 16.1 Å². The minimum Gasteiger partial charge on any atom is -0.448 e. The van der Waals surface area contributed by atoms with Crippen LogP contribution >= 0.6 is 11.8 Å². The zero-order chi connectivity index (χ0) is 7.68. The molecule has 2 heterocycles. The summed E-state index contributed by atoms with van der Waals surface area (Å²) in [7, 11) is 0. The van der Waals surface area contributed by atoms with Gasteiger partial charge in [-0.2, -0.15) is 0 Å². The van der Waals surface area contributed by atoms with E-state index in [1.165, 1.54) is 0 Å². The van der Waals surface area contributed by atoms with Crippen LogP contribution in [0.4, 0.5) is 0 Å². The first-order chi connectivity index (χ1) is 5.40. The van der Waals surface area contributed by atoms with Gasteiger partial charge in [-0.1, -0.05) is 11.8 Å². The molecule has 0 aliphatic heterocycles. The highest BCUT2D eigenvalue weighted by Gasteiger charge is 1.99. The van der Waals surface area contributed by atoms with Crippen LogP contribution in [0.25, 0.3) is 11.0 Å². The van der Waals surface area contributed by atoms with Gasteiger partial charge in [-0.3, -0.25) is 4.98 Å². The van der Waals surface area contributed by atoms with Gasteiger partial charge >= 0.3 is 0 Å². The van der Waals surface area contributed by atoms with Gasteiger partial charge in [0.05, 0.1) is 6.20 Å². The molecule has 0 unspecified atom stereocenters. The van der Waals surface area contributed by atoms with Gasteiger partial charge < -0.3 is 4.42 Å². The number of pyridine rings is 1. The highest BCUT2D eigenvalue weighted by atomic mass is 32.2. The molecule has 56 valence electrons. The number of hydrogen-bond donors (Lipinski definition) is 0. The molecule has 0 N–H and O–H groups in total. The Balaban J connectivity index is 2.69. The highest BCUT2D eigenvalue weighted by Crippen LogP contribution is 2.23. The maximum atomic E-state index is 5.42. The molecule has 0 aliphatic rings. The molecule has 2 aromatic heterocycles. The number of fused-ring (bicyclic) bond motifs is 1. The van der Waals surface area contributed by atoms with Crippen molar-refractivity contribution in [2.24, 2.45) is 0 Å². The molecule has 2 rings (SSSR count). The second-order valence-electron chi connectivity index (χ2n) is 2.18. The van der Waals surface area contributed by atoms with Gasteiger partial charge in [0, 0.05) is 11.6 Å². The molecule has 11 heavy (non-hydrogen) atoms. The standard InChI is InChI=1S/C8H7NOS/c1-11-8-4-6-2-3-9-5-7(6)10-8/h2-5H,1H3. The largest absolute Gasteiger partial charge is 0.448 e. The molecular weight excluding hydrogens is 158 g/mol. The SMILES string of the molecule is CSc1cc2ccncc2o1. The maximum Gasteiger partial charge on any atom is 0.161 e. The summed E-state index contributed by atoms with van der Waals surface area (Å²) in [5.74, 6) is 0. The van der Waals surface area contributed by atoms with Crippen LogP contribution in [0, 0.1) is 0 Å². The van der Waals surface area contributed by atoms with Crippen molar-refractivity contribution in [3.05, 3.63) is 24.5 Å². The predicted octanol–water partition coefficient (Wildman–Crippen LogP) is 2.55. The molecule has 0 bridgehead atoms. The van der Waals surface area contributed by atoms with Crippen molar-refractivity contribution in [1.82, 2.24) is 4.98 Å². The summed E-state index contributed by atoms with van der Waals surface area (Å²) in [6, 6.07) is 3.96. The van der Waals surface area contributed by atoms with E-state index in [0.29, 0.717) is 0 Å². The average Bonchev–Trinajstić information content (AvgIpc) is 2.46. The van der Waals surface area contributed by atoms with E-state index in [4.69, 9.17) is 4.42 Å². The smallest absolute Gasteiger partial charge is 0.161 e. The number of thioether (sulfide) groups is 1. The summed E-state index contributed by atoms with van der Waals surface area (Å²) in [6.45, 7) is 0. The van der Waals surface area contributed by atoms with E-state index in [-0.39, 0.29) is 0 Å². The first-order valence-corrected chi connectivity index (χ1v) is 4.50. The lowest BCUT2D eigenvalue weighted by Crippen LogP contribution is -1.65. The lowest BCUT2D eigenvalue weighted by molar-refractivity contribution is 0.515. The topological polar surface area (TPSA) is 26.0 Å². The first kappa shape index (κ1) is 6.73. The molecule has 0 amide bonds. The molecule has 0 aliphatic carbocycles. The fourth-order valence-corrected chi connectivity index (χ4v) is 1.38. The second-order valence-corrected chi connectivity index (χ2v) is 2.99. The minimum absolute atomic E-state index is 0.858. The quantitative estimate of drug-likeness (QED) is 0.607. The van der Waals surface area contributed by atoms with Crippen molar-refractivity contribution in [1.29, 1.82) is 0 Å². The number of furan rings is 1. The Bertz CT molecular complexity index is 336. The lowest BCUT2D eigenvalue weighted by atomic mass is 10.3. The van der Waals surface area contributed by atoms with Gasteiger partial charge in [0.2, 0.25) is 0 Å². The van der Waals surface area contributed by atoms with Crippen LogP contribution in [0.2, 0.25) is 0 Å². The third-order valence-corrected chi connectivity index (χ3v) is 2.11. The summed E-state index contributed by atoms with van der Waals surface area (Å²) in [5.41, 5.74) is 0.858. The van der Waals surface area contributed by atoms with E-state index in [2.05, 4.69) is 4.98 Å². The van der Waals surface area contributed by atoms with Gasteiger partial charge in [-0.05, 0) is 18.4 Å². The van der Waals surface area contributed by atoms with Crippen molar-refractivity contribution in [3.8, 4) is 0 Å². The summed E-state index contributed by atoms with van der Waals surface area (Å²) in [5, 5.41) is 2.05. The normalized spacial score (nSPS) is 10.6. The molecule has 3 heteroatoms. The van der Waals surface area contributed by atoms with Crippen LogP contribution in [-0.4, -0.2) is 11.2 Å². The Morgan fingerprint density at radius 3 is 3.18 bits per heavy atom. The molecule has 2 nitrogen and oxygen atoms in total. The number of rotatable bonds is 1. The summed E-state index contributed by atoms with van der Waals surface area (Å²) in [6.07, 6.45) is 5.49. The predicted molar refractivity (Wildman–Crippen MR) is 45.8 cm³/mol. The molecule has 0 radical (unpaired) electrons. The van der Waals surface area contributed by atoms with Crippen molar-refractivity contribution >= 4 is 22.7 Å². The average molecular weight is 165 g/mol. The van der Waals surface area contributed by atoms with E-state index >= 15 is 0 Å². The van der Waals surface area contributed by atoms with E-state index in [1.54, 1.807) is 24.2 Å². The number of nitrogens with zero attached hydrogens (tertiary/aromatic N) is 1. The van der Waals surface area contributed by atoms with E-state index < -0.39 is 0 Å². The van der Waals surface area contributed by atoms with Crippen molar-refractivity contribution < 1.29 is 4.42 Å². The van der Waals surface area contributed by atoms with Gasteiger partial charge in [0.1, 0.15) is 0 Å². The molecule has 0 atom stereocenters. The Hall–Kier alpha value is -0.960. The molecular formula is C8H7NOS. The zero-order valence-corrected chi connectivity index (χ0v) is 6.89. The Kier molecular flexibility index (Phi) is 1.58. The van der Waals surface area contributed by atoms with Crippen molar-refractivity contribution in [2.75, 3.05) is 6.26 Å². The molecule has 0 aromatic carbocycles. The molecule has 0 spiro atoms. The molecule has 0 saturated heterocycles. The fraction of sp³-hybridized carbons (Fsp3) is 0.125. The van der Waals surface area contributed by atoms with Crippen LogP contribution in [0.1, 0.15) is 0 Å². The van der Waals surface area contributed by atoms with Crippen LogP contribution in [0.15, 0.2) is 34.0 Å². The third kappa shape index (κ3) is 1.12. The van der Waals surface area contributed by atoms with Gasteiger partial charge in [-0.15, -0.1) is 0 Å². The number of hydrogen-bond acceptors (Lipinski definition) is 3. The summed E-state index contributed by atoms with van der Waals surface area (Å²) < 4.78 is 5.42. The van der Waals surface area contributed by atoms with Gasteiger partial charge in [-0.25, -0.2) is 0 Å². The lowest BCUT2D eigenvalue weighted by Gasteiger charge is -1.83. The Morgan fingerprint density at radius 1 is 1.55 bits per heavy atom. The first-order valence-electron chi connectivity index (χ1n) is 3.28. The number of aromatic nitrogens is 1. The van der Waals surface area contributed by atoms with E-state index in [1.807, 2.05) is 18.4 Å². The van der Waals surface area contributed by atoms with Crippen LogP contribution < -0.4 is 0 Å². The zero-order valence-electron chi connectivity index (χ0n) is 6.07. The monoisotopic (exact) mass is 165 g/mol. The Morgan fingerprint density at radius 2 is 2.45 bits per heavy atom. The minimum atomic E-state index is 0.858. The van der Waals surface area contributed by atoms with Gasteiger partial charge in [0.25, 0.3) is 0 Å². The molecule has 2 aromatic rings. The Labute approximate surface area is 68.6 Å². The highest BCUT2D eigenvalue weighted by molar-refractivity contribution is 7.98. The summed E-state index contributed by atoms with van der Waals surface area (Å²) >= 11 is 1.60. The van der Waals surface area contributed by atoms with Crippen LogP contribution in [0.3, 0.4) is 0 Å². The second kappa shape index (κ2) is 2.58. The summed E-state index contributed by atoms with van der Waals surface area (Å²) in [4.78, 5) is 3.96. The molecule has 0 saturated carbocycles. The van der Waals surface area contributed by atoms with Crippen LogP contribution in [-0.2, 0) is 0 Å².